The first kappa shape index (κ1) is 23.6. The summed E-state index contributed by atoms with van der Waals surface area (Å²) in [5.74, 6) is 0.810. The molecule has 0 bridgehead atoms. The minimum atomic E-state index is -0.658. The van der Waals surface area contributed by atoms with Crippen LogP contribution in [0.5, 0.6) is 0 Å². The smallest absolute Gasteiger partial charge is 0.438 e. The van der Waals surface area contributed by atoms with Crippen LogP contribution in [0.3, 0.4) is 0 Å². The Kier molecular flexibility index (Phi) is 12.7. The molecule has 0 heterocycles. The van der Waals surface area contributed by atoms with Crippen LogP contribution in [0.15, 0.2) is 0 Å². The zero-order valence-electron chi connectivity index (χ0n) is 17.4. The summed E-state index contributed by atoms with van der Waals surface area (Å²) in [5, 5.41) is 0. The van der Waals surface area contributed by atoms with Gasteiger partial charge in [0.1, 0.15) is 12.2 Å². The lowest BCUT2D eigenvalue weighted by atomic mass is 9.95. The van der Waals surface area contributed by atoms with E-state index in [0.29, 0.717) is 32.3 Å². The van der Waals surface area contributed by atoms with E-state index in [4.69, 9.17) is 14.2 Å². The average Bonchev–Trinajstić information content (AvgIpc) is 2.64. The van der Waals surface area contributed by atoms with Gasteiger partial charge in [-0.05, 0) is 38.0 Å². The van der Waals surface area contributed by atoms with Crippen LogP contribution in [0.25, 0.3) is 0 Å². The van der Waals surface area contributed by atoms with E-state index in [1.54, 1.807) is 0 Å². The normalized spacial score (nSPS) is 19.6. The molecule has 1 saturated carbocycles. The van der Waals surface area contributed by atoms with E-state index < -0.39 is 12.3 Å². The molecular formula is C21H38O6. The predicted molar refractivity (Wildman–Crippen MR) is 104 cm³/mol. The molecular weight excluding hydrogens is 348 g/mol. The Hall–Kier alpha value is -1.46. The molecule has 6 heteroatoms. The molecule has 0 N–H and O–H groups in total. The molecule has 1 rings (SSSR count). The minimum Gasteiger partial charge on any atom is -0.438 e. The van der Waals surface area contributed by atoms with Crippen LogP contribution in [0.2, 0.25) is 0 Å². The van der Waals surface area contributed by atoms with Gasteiger partial charge in [-0.15, -0.1) is 0 Å². The topological polar surface area (TPSA) is 71.1 Å². The largest absolute Gasteiger partial charge is 0.508 e. The summed E-state index contributed by atoms with van der Waals surface area (Å²) in [6.07, 6.45) is 10.9. The number of hydrogen-bond donors (Lipinski definition) is 0. The fourth-order valence-corrected chi connectivity index (χ4v) is 3.32. The number of unbranched alkanes of at least 4 members (excludes halogenated alkanes) is 6. The summed E-state index contributed by atoms with van der Waals surface area (Å²) in [7, 11) is 1.29. The third kappa shape index (κ3) is 12.5. The van der Waals surface area contributed by atoms with Crippen LogP contribution in [0.1, 0.15) is 90.9 Å². The summed E-state index contributed by atoms with van der Waals surface area (Å²) < 4.78 is 20.1. The van der Waals surface area contributed by atoms with Crippen molar-refractivity contribution in [1.29, 1.82) is 0 Å². The maximum absolute atomic E-state index is 11.7. The summed E-state index contributed by atoms with van der Waals surface area (Å²) in [6, 6.07) is 0. The SMILES string of the molecule is COC(=O)OC1CCC(OC(=O)OCCCCCCCCCC(C)C)CC1. The molecule has 1 aliphatic rings. The van der Waals surface area contributed by atoms with Gasteiger partial charge in [0.2, 0.25) is 0 Å². The molecule has 0 aromatic carbocycles. The second-order valence-electron chi connectivity index (χ2n) is 7.84. The van der Waals surface area contributed by atoms with Gasteiger partial charge in [-0.25, -0.2) is 9.59 Å². The average molecular weight is 387 g/mol. The monoisotopic (exact) mass is 386 g/mol. The quantitative estimate of drug-likeness (QED) is 0.302. The Morgan fingerprint density at radius 2 is 1.26 bits per heavy atom. The van der Waals surface area contributed by atoms with Crippen LogP contribution < -0.4 is 0 Å². The highest BCUT2D eigenvalue weighted by molar-refractivity contribution is 5.60. The molecule has 1 aliphatic carbocycles. The van der Waals surface area contributed by atoms with Gasteiger partial charge >= 0.3 is 12.3 Å². The Morgan fingerprint density at radius 3 is 1.78 bits per heavy atom. The highest BCUT2D eigenvalue weighted by Gasteiger charge is 2.26. The van der Waals surface area contributed by atoms with Gasteiger partial charge in [0, 0.05) is 0 Å². The lowest BCUT2D eigenvalue weighted by molar-refractivity contribution is -0.0230. The molecule has 0 aliphatic heterocycles. The van der Waals surface area contributed by atoms with E-state index in [0.717, 1.165) is 18.8 Å². The zero-order valence-corrected chi connectivity index (χ0v) is 17.4. The molecule has 1 fully saturated rings. The Bertz CT molecular complexity index is 401. The van der Waals surface area contributed by atoms with Crippen LogP contribution in [-0.4, -0.2) is 38.2 Å². The molecule has 0 saturated heterocycles. The number of hydrogen-bond acceptors (Lipinski definition) is 6. The second-order valence-corrected chi connectivity index (χ2v) is 7.84. The van der Waals surface area contributed by atoms with Gasteiger partial charge < -0.3 is 18.9 Å². The Morgan fingerprint density at radius 1 is 0.778 bits per heavy atom. The van der Waals surface area contributed by atoms with E-state index in [1.165, 1.54) is 45.6 Å². The standard InChI is InChI=1S/C21H38O6/c1-17(2)11-9-7-5-4-6-8-10-16-25-21(23)27-19-14-12-18(13-15-19)26-20(22)24-3/h17-19H,4-16H2,1-3H3. The van der Waals surface area contributed by atoms with Gasteiger partial charge in [-0.3, -0.25) is 0 Å². The van der Waals surface area contributed by atoms with Gasteiger partial charge in [-0.2, -0.15) is 0 Å². The van der Waals surface area contributed by atoms with Crippen molar-refractivity contribution in [3.05, 3.63) is 0 Å². The van der Waals surface area contributed by atoms with Crippen LogP contribution in [0.4, 0.5) is 9.59 Å². The molecule has 27 heavy (non-hydrogen) atoms. The second kappa shape index (κ2) is 14.6. The maximum Gasteiger partial charge on any atom is 0.508 e. The first-order valence-electron chi connectivity index (χ1n) is 10.6. The number of carbonyl (C=O) groups excluding carboxylic acids is 2. The highest BCUT2D eigenvalue weighted by atomic mass is 16.7. The molecule has 0 atom stereocenters. The summed E-state index contributed by atoms with van der Waals surface area (Å²) in [6.45, 7) is 4.97. The predicted octanol–water partition coefficient (Wildman–Crippen LogP) is 6.01. The van der Waals surface area contributed by atoms with Gasteiger partial charge in [-0.1, -0.05) is 58.8 Å². The van der Waals surface area contributed by atoms with Gasteiger partial charge in [0.25, 0.3) is 0 Å². The van der Waals surface area contributed by atoms with Crippen molar-refractivity contribution in [2.75, 3.05) is 13.7 Å². The molecule has 0 radical (unpaired) electrons. The first-order chi connectivity index (χ1) is 13.0. The van der Waals surface area contributed by atoms with Gasteiger partial charge in [0.05, 0.1) is 13.7 Å². The third-order valence-corrected chi connectivity index (χ3v) is 4.96. The van der Waals surface area contributed by atoms with E-state index in [2.05, 4.69) is 18.6 Å². The Balaban J connectivity index is 1.93. The van der Waals surface area contributed by atoms with Gasteiger partial charge in [0.15, 0.2) is 0 Å². The number of rotatable bonds is 12. The molecule has 0 amide bonds. The summed E-state index contributed by atoms with van der Waals surface area (Å²) in [5.41, 5.74) is 0. The van der Waals surface area contributed by atoms with Crippen LogP contribution in [0, 0.1) is 5.92 Å². The maximum atomic E-state index is 11.7. The molecule has 158 valence electrons. The number of methoxy groups -OCH3 is 1. The van der Waals surface area contributed by atoms with Crippen molar-refractivity contribution in [2.24, 2.45) is 5.92 Å². The van der Waals surface area contributed by atoms with Crippen molar-refractivity contribution in [2.45, 2.75) is 103 Å². The van der Waals surface area contributed by atoms with Crippen molar-refractivity contribution < 1.29 is 28.5 Å². The van der Waals surface area contributed by atoms with Crippen molar-refractivity contribution in [1.82, 2.24) is 0 Å². The van der Waals surface area contributed by atoms with Crippen LogP contribution in [-0.2, 0) is 18.9 Å². The Labute approximate surface area is 164 Å². The summed E-state index contributed by atoms with van der Waals surface area (Å²) in [4.78, 5) is 22.8. The third-order valence-electron chi connectivity index (χ3n) is 4.96. The fraction of sp³-hybridized carbons (Fsp3) is 0.905. The minimum absolute atomic E-state index is 0.152. The van der Waals surface area contributed by atoms with E-state index in [1.807, 2.05) is 0 Å². The van der Waals surface area contributed by atoms with Crippen LogP contribution >= 0.6 is 0 Å². The molecule has 6 nitrogen and oxygen atoms in total. The first-order valence-corrected chi connectivity index (χ1v) is 10.6. The lowest BCUT2D eigenvalue weighted by Crippen LogP contribution is -2.30. The molecule has 0 unspecified atom stereocenters. The number of carbonyl (C=O) groups is 2. The molecule has 0 aromatic heterocycles. The molecule has 0 aromatic rings. The highest BCUT2D eigenvalue weighted by Crippen LogP contribution is 2.24. The van der Waals surface area contributed by atoms with Crippen molar-refractivity contribution >= 4 is 12.3 Å². The van der Waals surface area contributed by atoms with E-state index in [9.17, 15) is 9.59 Å². The number of ether oxygens (including phenoxy) is 4. The lowest BCUT2D eigenvalue weighted by Gasteiger charge is -2.27. The molecule has 0 spiro atoms. The van der Waals surface area contributed by atoms with Crippen molar-refractivity contribution in [3.8, 4) is 0 Å². The fourth-order valence-electron chi connectivity index (χ4n) is 3.32. The zero-order chi connectivity index (χ0) is 19.9. The van der Waals surface area contributed by atoms with E-state index in [-0.39, 0.29) is 12.2 Å². The summed E-state index contributed by atoms with van der Waals surface area (Å²) >= 11 is 0. The van der Waals surface area contributed by atoms with E-state index >= 15 is 0 Å². The van der Waals surface area contributed by atoms with Crippen molar-refractivity contribution in [3.63, 3.8) is 0 Å².